The lowest BCUT2D eigenvalue weighted by Crippen LogP contribution is -1.95. The molecule has 1 aromatic carbocycles. The van der Waals surface area contributed by atoms with Crippen molar-refractivity contribution in [2.75, 3.05) is 11.5 Å². The highest BCUT2D eigenvalue weighted by Gasteiger charge is 1.98. The normalized spacial score (nSPS) is 10.3. The zero-order chi connectivity index (χ0) is 8.55. The molecule has 0 saturated carbocycles. The molecule has 0 fully saturated rings. The summed E-state index contributed by atoms with van der Waals surface area (Å²) in [5.74, 6) is 0. The highest BCUT2D eigenvalue weighted by molar-refractivity contribution is 5.84. The van der Waals surface area contributed by atoms with Crippen molar-refractivity contribution in [2.24, 2.45) is 0 Å². The van der Waals surface area contributed by atoms with Gasteiger partial charge in [0.25, 0.3) is 0 Å². The van der Waals surface area contributed by atoms with E-state index in [0.29, 0.717) is 11.4 Å². The second-order valence-corrected chi connectivity index (χ2v) is 2.53. The van der Waals surface area contributed by atoms with E-state index in [1.165, 1.54) is 0 Å². The largest absolute Gasteiger partial charge is 0.397 e. The number of benzene rings is 1. The molecule has 0 saturated heterocycles. The molecule has 12 heavy (non-hydrogen) atoms. The number of nitrogens with two attached hydrogens (primary N) is 2. The Morgan fingerprint density at radius 3 is 1.67 bits per heavy atom. The van der Waals surface area contributed by atoms with Crippen molar-refractivity contribution in [3.05, 3.63) is 24.5 Å². The summed E-state index contributed by atoms with van der Waals surface area (Å²) in [4.78, 5) is 8.17. The van der Waals surface area contributed by atoms with Crippen molar-refractivity contribution in [1.82, 2.24) is 9.97 Å². The zero-order valence-corrected chi connectivity index (χ0v) is 6.36. The molecule has 2 aromatic rings. The highest BCUT2D eigenvalue weighted by atomic mass is 14.8. The van der Waals surface area contributed by atoms with Crippen LogP contribution in [0, 0.1) is 0 Å². The van der Waals surface area contributed by atoms with Gasteiger partial charge in [-0.15, -0.1) is 0 Å². The van der Waals surface area contributed by atoms with Crippen molar-refractivity contribution in [3.63, 3.8) is 0 Å². The molecule has 0 amide bonds. The number of fused-ring (bicyclic) bond motifs is 1. The Bertz CT molecular complexity index is 384. The van der Waals surface area contributed by atoms with Crippen LogP contribution in [0.4, 0.5) is 11.4 Å². The second kappa shape index (κ2) is 2.34. The summed E-state index contributed by atoms with van der Waals surface area (Å²) >= 11 is 0. The fourth-order valence-corrected chi connectivity index (χ4v) is 1.04. The summed E-state index contributed by atoms with van der Waals surface area (Å²) in [5, 5.41) is 0. The van der Waals surface area contributed by atoms with Crippen molar-refractivity contribution < 1.29 is 0 Å². The summed E-state index contributed by atoms with van der Waals surface area (Å²) in [5.41, 5.74) is 13.8. The third-order valence-corrected chi connectivity index (χ3v) is 1.67. The first-order valence-corrected chi connectivity index (χ1v) is 3.53. The number of aromatic nitrogens is 2. The van der Waals surface area contributed by atoms with Gasteiger partial charge in [0.1, 0.15) is 0 Å². The van der Waals surface area contributed by atoms with Gasteiger partial charge in [-0.2, -0.15) is 0 Å². The SMILES string of the molecule is Nc1cc2nccnc2cc1N. The number of hydrogen-bond donors (Lipinski definition) is 2. The zero-order valence-electron chi connectivity index (χ0n) is 6.36. The van der Waals surface area contributed by atoms with Gasteiger partial charge >= 0.3 is 0 Å². The minimum absolute atomic E-state index is 0.544. The van der Waals surface area contributed by atoms with E-state index in [-0.39, 0.29) is 0 Å². The lowest BCUT2D eigenvalue weighted by Gasteiger charge is -2.00. The summed E-state index contributed by atoms with van der Waals surface area (Å²) in [6.45, 7) is 0. The molecule has 2 rings (SSSR count). The fourth-order valence-electron chi connectivity index (χ4n) is 1.04. The molecule has 0 aliphatic rings. The minimum Gasteiger partial charge on any atom is -0.397 e. The first kappa shape index (κ1) is 6.84. The molecule has 0 spiro atoms. The van der Waals surface area contributed by atoms with Crippen molar-refractivity contribution in [1.29, 1.82) is 0 Å². The van der Waals surface area contributed by atoms with Crippen LogP contribution >= 0.6 is 0 Å². The van der Waals surface area contributed by atoms with Crippen molar-refractivity contribution in [2.45, 2.75) is 0 Å². The van der Waals surface area contributed by atoms with Crippen LogP contribution in [-0.2, 0) is 0 Å². The van der Waals surface area contributed by atoms with Crippen LogP contribution in [-0.4, -0.2) is 9.97 Å². The monoisotopic (exact) mass is 160 g/mol. The van der Waals surface area contributed by atoms with Gasteiger partial charge in [-0.25, -0.2) is 0 Å². The number of hydrogen-bond acceptors (Lipinski definition) is 4. The molecule has 4 nitrogen and oxygen atoms in total. The molecule has 0 aliphatic carbocycles. The van der Waals surface area contributed by atoms with Crippen molar-refractivity contribution >= 4 is 22.4 Å². The number of nitrogen functional groups attached to an aromatic ring is 2. The topological polar surface area (TPSA) is 77.8 Å². The molecule has 1 heterocycles. The lowest BCUT2D eigenvalue weighted by molar-refractivity contribution is 1.30. The Morgan fingerprint density at radius 2 is 1.25 bits per heavy atom. The summed E-state index contributed by atoms with van der Waals surface area (Å²) in [7, 11) is 0. The van der Waals surface area contributed by atoms with E-state index >= 15 is 0 Å². The minimum atomic E-state index is 0.544. The Morgan fingerprint density at radius 1 is 0.833 bits per heavy atom. The maximum absolute atomic E-state index is 5.59. The molecule has 0 atom stereocenters. The van der Waals surface area contributed by atoms with E-state index in [0.717, 1.165) is 11.0 Å². The van der Waals surface area contributed by atoms with Gasteiger partial charge in [-0.05, 0) is 12.1 Å². The molecule has 0 aliphatic heterocycles. The summed E-state index contributed by atoms with van der Waals surface area (Å²) < 4.78 is 0. The number of rotatable bonds is 0. The average Bonchev–Trinajstić information content (AvgIpc) is 2.07. The van der Waals surface area contributed by atoms with Gasteiger partial charge in [0.2, 0.25) is 0 Å². The van der Waals surface area contributed by atoms with E-state index in [4.69, 9.17) is 11.5 Å². The molecular formula is C8H8N4. The van der Waals surface area contributed by atoms with Crippen LogP contribution in [0.2, 0.25) is 0 Å². The lowest BCUT2D eigenvalue weighted by atomic mass is 10.2. The molecule has 60 valence electrons. The number of nitrogens with zero attached hydrogens (tertiary/aromatic N) is 2. The standard InChI is InChI=1S/C8H8N4/c9-5-3-7-8(4-6(5)10)12-2-1-11-7/h1-4H,9-10H2. The maximum atomic E-state index is 5.59. The summed E-state index contributed by atoms with van der Waals surface area (Å²) in [6, 6.07) is 3.44. The van der Waals surface area contributed by atoms with Gasteiger partial charge in [0.15, 0.2) is 0 Å². The van der Waals surface area contributed by atoms with Crippen molar-refractivity contribution in [3.8, 4) is 0 Å². The highest BCUT2D eigenvalue weighted by Crippen LogP contribution is 2.19. The molecule has 4 N–H and O–H groups in total. The smallest absolute Gasteiger partial charge is 0.0908 e. The predicted molar refractivity (Wildman–Crippen MR) is 48.4 cm³/mol. The molecular weight excluding hydrogens is 152 g/mol. The Kier molecular flexibility index (Phi) is 1.33. The van der Waals surface area contributed by atoms with E-state index < -0.39 is 0 Å². The first-order chi connectivity index (χ1) is 5.77. The van der Waals surface area contributed by atoms with Gasteiger partial charge in [0.05, 0.1) is 22.4 Å². The Balaban J connectivity index is 2.84. The van der Waals surface area contributed by atoms with Gasteiger partial charge in [-0.1, -0.05) is 0 Å². The van der Waals surface area contributed by atoms with Crippen LogP contribution in [0.5, 0.6) is 0 Å². The maximum Gasteiger partial charge on any atom is 0.0908 e. The van der Waals surface area contributed by atoms with Crippen LogP contribution in [0.15, 0.2) is 24.5 Å². The first-order valence-electron chi connectivity index (χ1n) is 3.53. The second-order valence-electron chi connectivity index (χ2n) is 2.53. The van der Waals surface area contributed by atoms with Crippen LogP contribution in [0.25, 0.3) is 11.0 Å². The van der Waals surface area contributed by atoms with E-state index in [1.807, 2.05) is 0 Å². The quantitative estimate of drug-likeness (QED) is 0.558. The summed E-state index contributed by atoms with van der Waals surface area (Å²) in [6.07, 6.45) is 3.25. The van der Waals surface area contributed by atoms with E-state index in [1.54, 1.807) is 24.5 Å². The molecule has 4 heteroatoms. The van der Waals surface area contributed by atoms with Crippen LogP contribution in [0.1, 0.15) is 0 Å². The third kappa shape index (κ3) is 0.934. The van der Waals surface area contributed by atoms with Crippen LogP contribution < -0.4 is 11.5 Å². The van der Waals surface area contributed by atoms with E-state index in [2.05, 4.69) is 9.97 Å². The predicted octanol–water partition coefficient (Wildman–Crippen LogP) is 0.794. The van der Waals surface area contributed by atoms with E-state index in [9.17, 15) is 0 Å². The Hall–Kier alpha value is -1.84. The molecule has 0 radical (unpaired) electrons. The molecule has 0 bridgehead atoms. The number of anilines is 2. The molecule has 1 aromatic heterocycles. The average molecular weight is 160 g/mol. The van der Waals surface area contributed by atoms with Crippen LogP contribution in [0.3, 0.4) is 0 Å². The Labute approximate surface area is 69.2 Å². The fraction of sp³-hybridized carbons (Fsp3) is 0. The third-order valence-electron chi connectivity index (χ3n) is 1.67. The van der Waals surface area contributed by atoms with Gasteiger partial charge in [-0.3, -0.25) is 9.97 Å². The van der Waals surface area contributed by atoms with Gasteiger partial charge in [0, 0.05) is 12.4 Å². The molecule has 0 unspecified atom stereocenters. The van der Waals surface area contributed by atoms with Gasteiger partial charge < -0.3 is 11.5 Å².